The Morgan fingerprint density at radius 1 is 1.36 bits per heavy atom. The molecule has 0 saturated carbocycles. The number of nitrogens with two attached hydrogens (primary N) is 1. The zero-order valence-corrected chi connectivity index (χ0v) is 8.88. The molecule has 0 radical (unpaired) electrons. The summed E-state index contributed by atoms with van der Waals surface area (Å²) >= 11 is 0. The fourth-order valence-electron chi connectivity index (χ4n) is 1.94. The van der Waals surface area contributed by atoms with Gasteiger partial charge in [-0.15, -0.1) is 0 Å². The summed E-state index contributed by atoms with van der Waals surface area (Å²) in [6.07, 6.45) is 0. The first-order valence-corrected chi connectivity index (χ1v) is 5.22. The lowest BCUT2D eigenvalue weighted by molar-refractivity contribution is 0.294. The van der Waals surface area contributed by atoms with Gasteiger partial charge >= 0.3 is 0 Å². The summed E-state index contributed by atoms with van der Waals surface area (Å²) < 4.78 is 0. The smallest absolute Gasteiger partial charge is 0.0350 e. The van der Waals surface area contributed by atoms with Crippen molar-refractivity contribution in [2.24, 2.45) is 11.7 Å². The number of hydrogen-bond acceptors (Lipinski definition) is 2. The van der Waals surface area contributed by atoms with E-state index in [4.69, 9.17) is 5.73 Å². The molecule has 1 aliphatic heterocycles. The second-order valence-corrected chi connectivity index (χ2v) is 4.30. The average Bonchev–Trinajstić information content (AvgIpc) is 2.06. The predicted molar refractivity (Wildman–Crippen MR) is 59.2 cm³/mol. The van der Waals surface area contributed by atoms with Crippen molar-refractivity contribution >= 4 is 0 Å². The summed E-state index contributed by atoms with van der Waals surface area (Å²) in [5, 5.41) is 3.27. The van der Waals surface area contributed by atoms with Gasteiger partial charge in [0.15, 0.2) is 0 Å². The third-order valence-corrected chi connectivity index (χ3v) is 3.11. The molecule has 1 aromatic rings. The van der Waals surface area contributed by atoms with E-state index in [0.29, 0.717) is 5.92 Å². The van der Waals surface area contributed by atoms with Gasteiger partial charge in [0, 0.05) is 25.0 Å². The van der Waals surface area contributed by atoms with E-state index in [9.17, 15) is 0 Å². The van der Waals surface area contributed by atoms with E-state index in [2.05, 4.69) is 37.4 Å². The van der Waals surface area contributed by atoms with E-state index in [0.717, 1.165) is 13.1 Å². The molecular formula is C12H18N2. The van der Waals surface area contributed by atoms with Crippen LogP contribution in [0.1, 0.15) is 22.7 Å². The molecule has 1 aromatic carbocycles. The number of benzene rings is 1. The van der Waals surface area contributed by atoms with Crippen molar-refractivity contribution < 1.29 is 0 Å². The minimum Gasteiger partial charge on any atom is -0.324 e. The minimum atomic E-state index is 0.205. The summed E-state index contributed by atoms with van der Waals surface area (Å²) in [5.74, 6) is 0.621. The van der Waals surface area contributed by atoms with Crippen LogP contribution in [0.25, 0.3) is 0 Å². The molecule has 2 rings (SSSR count). The van der Waals surface area contributed by atoms with Gasteiger partial charge in [-0.25, -0.2) is 0 Å². The Labute approximate surface area is 85.5 Å². The van der Waals surface area contributed by atoms with E-state index in [1.807, 2.05) is 0 Å². The van der Waals surface area contributed by atoms with Gasteiger partial charge in [-0.1, -0.05) is 23.8 Å². The molecule has 76 valence electrons. The Morgan fingerprint density at radius 3 is 2.64 bits per heavy atom. The third kappa shape index (κ3) is 1.68. The first-order chi connectivity index (χ1) is 6.68. The maximum Gasteiger partial charge on any atom is 0.0350 e. The van der Waals surface area contributed by atoms with Gasteiger partial charge in [-0.2, -0.15) is 0 Å². The molecule has 3 N–H and O–H groups in total. The Morgan fingerprint density at radius 2 is 2.07 bits per heavy atom. The van der Waals surface area contributed by atoms with Crippen LogP contribution in [0.2, 0.25) is 0 Å². The van der Waals surface area contributed by atoms with E-state index >= 15 is 0 Å². The highest BCUT2D eigenvalue weighted by Crippen LogP contribution is 2.25. The lowest BCUT2D eigenvalue weighted by atomic mass is 9.86. The van der Waals surface area contributed by atoms with E-state index in [-0.39, 0.29) is 6.04 Å². The van der Waals surface area contributed by atoms with Gasteiger partial charge in [0.05, 0.1) is 0 Å². The van der Waals surface area contributed by atoms with Crippen LogP contribution in [0.3, 0.4) is 0 Å². The lowest BCUT2D eigenvalue weighted by Crippen LogP contribution is -2.47. The van der Waals surface area contributed by atoms with Gasteiger partial charge in [0.1, 0.15) is 0 Å². The molecule has 1 heterocycles. The van der Waals surface area contributed by atoms with Crippen LogP contribution in [-0.4, -0.2) is 13.1 Å². The summed E-state index contributed by atoms with van der Waals surface area (Å²) in [6.45, 7) is 6.39. The van der Waals surface area contributed by atoms with Crippen molar-refractivity contribution in [2.45, 2.75) is 19.9 Å². The van der Waals surface area contributed by atoms with Gasteiger partial charge in [-0.3, -0.25) is 0 Å². The fourth-order valence-corrected chi connectivity index (χ4v) is 1.94. The maximum absolute atomic E-state index is 6.23. The van der Waals surface area contributed by atoms with E-state index < -0.39 is 0 Å². The van der Waals surface area contributed by atoms with Crippen molar-refractivity contribution in [1.82, 2.24) is 5.32 Å². The van der Waals surface area contributed by atoms with Crippen molar-refractivity contribution in [3.05, 3.63) is 34.9 Å². The molecule has 0 bridgehead atoms. The Bertz CT molecular complexity index is 329. The van der Waals surface area contributed by atoms with Crippen molar-refractivity contribution in [3.8, 4) is 0 Å². The van der Waals surface area contributed by atoms with Crippen molar-refractivity contribution in [3.63, 3.8) is 0 Å². The predicted octanol–water partition coefficient (Wildman–Crippen LogP) is 1.52. The molecule has 1 fully saturated rings. The van der Waals surface area contributed by atoms with Gasteiger partial charge < -0.3 is 11.1 Å². The SMILES string of the molecule is Cc1ccc(C)c(C(N)C2CNC2)c1. The molecule has 0 spiro atoms. The molecular weight excluding hydrogens is 172 g/mol. The van der Waals surface area contributed by atoms with Crippen LogP contribution < -0.4 is 11.1 Å². The quantitative estimate of drug-likeness (QED) is 0.742. The Hall–Kier alpha value is -0.860. The summed E-state index contributed by atoms with van der Waals surface area (Å²) in [5.41, 5.74) is 10.2. The average molecular weight is 190 g/mol. The molecule has 0 aliphatic carbocycles. The Kier molecular flexibility index (Phi) is 2.57. The van der Waals surface area contributed by atoms with Crippen LogP contribution in [0, 0.1) is 19.8 Å². The molecule has 2 nitrogen and oxygen atoms in total. The number of hydrogen-bond donors (Lipinski definition) is 2. The zero-order chi connectivity index (χ0) is 10.1. The van der Waals surface area contributed by atoms with E-state index in [1.165, 1.54) is 16.7 Å². The van der Waals surface area contributed by atoms with Crippen molar-refractivity contribution in [1.29, 1.82) is 0 Å². The summed E-state index contributed by atoms with van der Waals surface area (Å²) in [4.78, 5) is 0. The standard InChI is InChI=1S/C12H18N2/c1-8-3-4-9(2)11(5-8)12(13)10-6-14-7-10/h3-5,10,12,14H,6-7,13H2,1-2H3. The second kappa shape index (κ2) is 3.71. The highest BCUT2D eigenvalue weighted by Gasteiger charge is 2.25. The monoisotopic (exact) mass is 190 g/mol. The summed E-state index contributed by atoms with van der Waals surface area (Å²) in [7, 11) is 0. The fraction of sp³-hybridized carbons (Fsp3) is 0.500. The summed E-state index contributed by atoms with van der Waals surface area (Å²) in [6, 6.07) is 6.73. The lowest BCUT2D eigenvalue weighted by Gasteiger charge is -2.33. The van der Waals surface area contributed by atoms with Crippen LogP contribution in [0.5, 0.6) is 0 Å². The number of nitrogens with one attached hydrogen (secondary N) is 1. The van der Waals surface area contributed by atoms with Crippen LogP contribution in [-0.2, 0) is 0 Å². The molecule has 0 aromatic heterocycles. The van der Waals surface area contributed by atoms with Gasteiger partial charge in [0.2, 0.25) is 0 Å². The van der Waals surface area contributed by atoms with Crippen LogP contribution in [0.15, 0.2) is 18.2 Å². The highest BCUT2D eigenvalue weighted by atomic mass is 15.0. The molecule has 0 amide bonds. The first-order valence-electron chi connectivity index (χ1n) is 5.22. The Balaban J connectivity index is 2.24. The highest BCUT2D eigenvalue weighted by molar-refractivity contribution is 5.33. The largest absolute Gasteiger partial charge is 0.324 e. The zero-order valence-electron chi connectivity index (χ0n) is 8.88. The molecule has 1 aliphatic rings. The number of rotatable bonds is 2. The molecule has 2 heteroatoms. The first kappa shape index (κ1) is 9.69. The van der Waals surface area contributed by atoms with Gasteiger partial charge in [0.25, 0.3) is 0 Å². The second-order valence-electron chi connectivity index (χ2n) is 4.30. The minimum absolute atomic E-state index is 0.205. The van der Waals surface area contributed by atoms with Crippen LogP contribution >= 0.6 is 0 Å². The van der Waals surface area contributed by atoms with Crippen molar-refractivity contribution in [2.75, 3.05) is 13.1 Å². The molecule has 14 heavy (non-hydrogen) atoms. The third-order valence-electron chi connectivity index (χ3n) is 3.11. The number of aryl methyl sites for hydroxylation is 2. The molecule has 1 saturated heterocycles. The topological polar surface area (TPSA) is 38.0 Å². The maximum atomic E-state index is 6.23. The molecule has 1 atom stereocenters. The van der Waals surface area contributed by atoms with Gasteiger partial charge in [-0.05, 0) is 25.0 Å². The normalized spacial score (nSPS) is 19.1. The van der Waals surface area contributed by atoms with Crippen LogP contribution in [0.4, 0.5) is 0 Å². The molecule has 1 unspecified atom stereocenters. The van der Waals surface area contributed by atoms with E-state index in [1.54, 1.807) is 0 Å².